The Morgan fingerprint density at radius 1 is 1.10 bits per heavy atom. The van der Waals surface area contributed by atoms with Gasteiger partial charge >= 0.3 is 0 Å². The van der Waals surface area contributed by atoms with Gasteiger partial charge in [-0.3, -0.25) is 0 Å². The van der Waals surface area contributed by atoms with Crippen molar-refractivity contribution < 1.29 is 13.9 Å². The maximum Gasteiger partial charge on any atom is 0.126 e. The van der Waals surface area contributed by atoms with Crippen LogP contribution in [-0.4, -0.2) is 17.0 Å². The van der Waals surface area contributed by atoms with Crippen molar-refractivity contribution in [2.24, 2.45) is 0 Å². The molecule has 2 aromatic rings. The van der Waals surface area contributed by atoms with Crippen LogP contribution in [0.1, 0.15) is 11.1 Å². The first-order chi connectivity index (χ1) is 9.52. The largest absolute Gasteiger partial charge is 0.392 e. The quantitative estimate of drug-likeness (QED) is 0.842. The standard InChI is InChI=1S/C16H16F2OS/c1-11-3-2-4-16(5-11)20-10-15(19)8-12-6-13(17)9-14(18)7-12/h2-7,9,15,19H,8,10H2,1H3. The molecule has 106 valence electrons. The summed E-state index contributed by atoms with van der Waals surface area (Å²) in [6.07, 6.45) is -0.394. The SMILES string of the molecule is Cc1cccc(SCC(O)Cc2cc(F)cc(F)c2)c1. The van der Waals surface area contributed by atoms with Crippen LogP contribution in [0.25, 0.3) is 0 Å². The minimum Gasteiger partial charge on any atom is -0.392 e. The zero-order valence-electron chi connectivity index (χ0n) is 11.1. The Bertz CT molecular complexity index is 566. The summed E-state index contributed by atoms with van der Waals surface area (Å²) in [6, 6.07) is 11.3. The first kappa shape index (κ1) is 15.0. The number of thioether (sulfide) groups is 1. The van der Waals surface area contributed by atoms with Gasteiger partial charge in [0.25, 0.3) is 0 Å². The highest BCUT2D eigenvalue weighted by Gasteiger charge is 2.09. The van der Waals surface area contributed by atoms with E-state index in [1.807, 2.05) is 31.2 Å². The Balaban J connectivity index is 1.90. The van der Waals surface area contributed by atoms with Crippen LogP contribution in [0, 0.1) is 18.6 Å². The molecule has 0 spiro atoms. The molecule has 0 aliphatic rings. The summed E-state index contributed by atoms with van der Waals surface area (Å²) >= 11 is 1.53. The molecule has 1 N–H and O–H groups in total. The van der Waals surface area contributed by atoms with E-state index in [-0.39, 0.29) is 6.42 Å². The predicted octanol–water partition coefficient (Wildman–Crippen LogP) is 3.97. The van der Waals surface area contributed by atoms with Gasteiger partial charge in [-0.05, 0) is 43.2 Å². The number of benzene rings is 2. The van der Waals surface area contributed by atoms with Gasteiger partial charge in [-0.2, -0.15) is 0 Å². The molecule has 0 amide bonds. The van der Waals surface area contributed by atoms with Gasteiger partial charge in [-0.1, -0.05) is 17.7 Å². The second kappa shape index (κ2) is 6.86. The molecule has 1 unspecified atom stereocenters. The molecular formula is C16H16F2OS. The van der Waals surface area contributed by atoms with Gasteiger partial charge in [0.05, 0.1) is 6.10 Å². The van der Waals surface area contributed by atoms with E-state index in [2.05, 4.69) is 0 Å². The third-order valence-electron chi connectivity index (χ3n) is 2.83. The van der Waals surface area contributed by atoms with E-state index < -0.39 is 17.7 Å². The summed E-state index contributed by atoms with van der Waals surface area (Å²) in [5.74, 6) is -0.737. The lowest BCUT2D eigenvalue weighted by atomic mass is 10.1. The highest BCUT2D eigenvalue weighted by Crippen LogP contribution is 2.21. The molecule has 0 aliphatic heterocycles. The molecule has 0 aliphatic carbocycles. The van der Waals surface area contributed by atoms with E-state index >= 15 is 0 Å². The molecule has 4 heteroatoms. The normalized spacial score (nSPS) is 12.4. The van der Waals surface area contributed by atoms with E-state index in [1.165, 1.54) is 23.9 Å². The summed E-state index contributed by atoms with van der Waals surface area (Å²) in [7, 11) is 0. The Kier molecular flexibility index (Phi) is 5.15. The van der Waals surface area contributed by atoms with Gasteiger partial charge < -0.3 is 5.11 Å². The van der Waals surface area contributed by atoms with E-state index in [4.69, 9.17) is 0 Å². The maximum absolute atomic E-state index is 13.0. The molecule has 1 nitrogen and oxygen atoms in total. The summed E-state index contributed by atoms with van der Waals surface area (Å²) in [5, 5.41) is 9.95. The molecule has 20 heavy (non-hydrogen) atoms. The van der Waals surface area contributed by atoms with Crippen LogP contribution in [0.2, 0.25) is 0 Å². The summed E-state index contributed by atoms with van der Waals surface area (Å²) in [6.45, 7) is 2.01. The minimum atomic E-state index is -0.637. The molecule has 0 bridgehead atoms. The van der Waals surface area contributed by atoms with E-state index in [0.29, 0.717) is 11.3 Å². The van der Waals surface area contributed by atoms with Crippen LogP contribution in [0.3, 0.4) is 0 Å². The lowest BCUT2D eigenvalue weighted by Gasteiger charge is -2.11. The van der Waals surface area contributed by atoms with E-state index in [1.54, 1.807) is 0 Å². The second-order valence-electron chi connectivity index (χ2n) is 4.76. The van der Waals surface area contributed by atoms with Gasteiger partial charge in [-0.25, -0.2) is 8.78 Å². The molecular weight excluding hydrogens is 278 g/mol. The third-order valence-corrected chi connectivity index (χ3v) is 3.96. The number of rotatable bonds is 5. The highest BCUT2D eigenvalue weighted by atomic mass is 32.2. The monoisotopic (exact) mass is 294 g/mol. The summed E-state index contributed by atoms with van der Waals surface area (Å²) in [4.78, 5) is 1.08. The number of halogens is 2. The zero-order valence-corrected chi connectivity index (χ0v) is 12.0. The van der Waals surface area contributed by atoms with Crippen molar-refractivity contribution >= 4 is 11.8 Å². The van der Waals surface area contributed by atoms with Gasteiger partial charge in [0.2, 0.25) is 0 Å². The van der Waals surface area contributed by atoms with Crippen LogP contribution in [-0.2, 0) is 6.42 Å². The fourth-order valence-electron chi connectivity index (χ4n) is 1.96. The Morgan fingerprint density at radius 3 is 2.45 bits per heavy atom. The van der Waals surface area contributed by atoms with Gasteiger partial charge in [0.15, 0.2) is 0 Å². The number of hydrogen-bond donors (Lipinski definition) is 1. The fraction of sp³-hybridized carbons (Fsp3) is 0.250. The topological polar surface area (TPSA) is 20.2 Å². The van der Waals surface area contributed by atoms with Crippen molar-refractivity contribution in [1.82, 2.24) is 0 Å². The average molecular weight is 294 g/mol. The van der Waals surface area contributed by atoms with Crippen molar-refractivity contribution in [2.75, 3.05) is 5.75 Å². The van der Waals surface area contributed by atoms with Crippen LogP contribution in [0.4, 0.5) is 8.78 Å². The van der Waals surface area contributed by atoms with Crippen LogP contribution < -0.4 is 0 Å². The van der Waals surface area contributed by atoms with Crippen molar-refractivity contribution in [3.05, 3.63) is 65.2 Å². The fourth-order valence-corrected chi connectivity index (χ4v) is 2.90. The van der Waals surface area contributed by atoms with Crippen molar-refractivity contribution in [1.29, 1.82) is 0 Å². The second-order valence-corrected chi connectivity index (χ2v) is 5.86. The van der Waals surface area contributed by atoms with Crippen molar-refractivity contribution in [2.45, 2.75) is 24.3 Å². The average Bonchev–Trinajstić information content (AvgIpc) is 2.35. The van der Waals surface area contributed by atoms with Crippen LogP contribution in [0.15, 0.2) is 47.4 Å². The molecule has 0 heterocycles. The van der Waals surface area contributed by atoms with E-state index in [9.17, 15) is 13.9 Å². The van der Waals surface area contributed by atoms with Crippen molar-refractivity contribution in [3.8, 4) is 0 Å². The van der Waals surface area contributed by atoms with Crippen LogP contribution >= 0.6 is 11.8 Å². The molecule has 0 saturated heterocycles. The smallest absolute Gasteiger partial charge is 0.126 e. The van der Waals surface area contributed by atoms with Gasteiger partial charge in [-0.15, -0.1) is 11.8 Å². The first-order valence-corrected chi connectivity index (χ1v) is 7.34. The molecule has 0 aromatic heterocycles. The maximum atomic E-state index is 13.0. The van der Waals surface area contributed by atoms with Gasteiger partial charge in [0.1, 0.15) is 11.6 Å². The molecule has 0 radical (unpaired) electrons. The zero-order chi connectivity index (χ0) is 14.5. The first-order valence-electron chi connectivity index (χ1n) is 6.35. The van der Waals surface area contributed by atoms with Crippen LogP contribution in [0.5, 0.6) is 0 Å². The van der Waals surface area contributed by atoms with Crippen molar-refractivity contribution in [3.63, 3.8) is 0 Å². The Labute approximate surface area is 121 Å². The third kappa shape index (κ3) is 4.62. The molecule has 1 atom stereocenters. The molecule has 2 aromatic carbocycles. The molecule has 2 rings (SSSR count). The molecule has 0 saturated carbocycles. The number of aliphatic hydroxyl groups excluding tert-OH is 1. The predicted molar refractivity (Wildman–Crippen MR) is 78.0 cm³/mol. The lowest BCUT2D eigenvalue weighted by Crippen LogP contribution is -2.13. The Morgan fingerprint density at radius 2 is 1.80 bits per heavy atom. The lowest BCUT2D eigenvalue weighted by molar-refractivity contribution is 0.200. The summed E-state index contributed by atoms with van der Waals surface area (Å²) in [5.41, 5.74) is 1.64. The minimum absolute atomic E-state index is 0.244. The van der Waals surface area contributed by atoms with Gasteiger partial charge in [0, 0.05) is 16.7 Å². The summed E-state index contributed by atoms with van der Waals surface area (Å²) < 4.78 is 26.1. The number of aliphatic hydroxyl groups is 1. The van der Waals surface area contributed by atoms with E-state index in [0.717, 1.165) is 16.5 Å². The number of hydrogen-bond acceptors (Lipinski definition) is 2. The molecule has 0 fully saturated rings. The Hall–Kier alpha value is -1.39. The number of aryl methyl sites for hydroxylation is 1. The highest BCUT2D eigenvalue weighted by molar-refractivity contribution is 7.99.